The van der Waals surface area contributed by atoms with Gasteiger partial charge in [0.1, 0.15) is 5.75 Å². The van der Waals surface area contributed by atoms with Gasteiger partial charge in [-0.05, 0) is 36.1 Å². The van der Waals surface area contributed by atoms with Crippen LogP contribution >= 0.6 is 0 Å². The second-order valence-corrected chi connectivity index (χ2v) is 7.00. The average Bonchev–Trinajstić information content (AvgIpc) is 3.10. The van der Waals surface area contributed by atoms with E-state index in [0.29, 0.717) is 6.01 Å². The van der Waals surface area contributed by atoms with Crippen molar-refractivity contribution in [1.29, 1.82) is 0 Å². The van der Waals surface area contributed by atoms with Gasteiger partial charge < -0.3 is 15.0 Å². The number of aromatic nitrogens is 4. The Labute approximate surface area is 158 Å². The number of fused-ring (bicyclic) bond motifs is 3. The van der Waals surface area contributed by atoms with Crippen molar-refractivity contribution in [2.24, 2.45) is 7.05 Å². The highest BCUT2D eigenvalue weighted by atomic mass is 16.5. The second-order valence-electron chi connectivity index (χ2n) is 7.00. The van der Waals surface area contributed by atoms with Crippen LogP contribution < -0.4 is 15.0 Å². The van der Waals surface area contributed by atoms with Gasteiger partial charge in [0, 0.05) is 51.2 Å². The molecule has 5 rings (SSSR count). The van der Waals surface area contributed by atoms with E-state index in [9.17, 15) is 0 Å². The molecule has 1 fully saturated rings. The third-order valence-electron chi connectivity index (χ3n) is 5.25. The summed E-state index contributed by atoms with van der Waals surface area (Å²) in [5.41, 5.74) is 5.54. The molecule has 138 valence electrons. The minimum Gasteiger partial charge on any atom is -0.424 e. The van der Waals surface area contributed by atoms with E-state index in [4.69, 9.17) is 9.72 Å². The van der Waals surface area contributed by atoms with Crippen LogP contribution in [0.3, 0.4) is 0 Å². The van der Waals surface area contributed by atoms with Crippen LogP contribution in [-0.2, 0) is 19.9 Å². The molecule has 0 spiro atoms. The third kappa shape index (κ3) is 3.04. The van der Waals surface area contributed by atoms with Crippen LogP contribution in [0, 0.1) is 0 Å². The first-order valence-electron chi connectivity index (χ1n) is 9.39. The van der Waals surface area contributed by atoms with E-state index in [1.807, 2.05) is 36.3 Å². The summed E-state index contributed by atoms with van der Waals surface area (Å²) >= 11 is 0. The minimum atomic E-state index is 0.375. The van der Waals surface area contributed by atoms with Crippen molar-refractivity contribution in [2.45, 2.75) is 12.8 Å². The van der Waals surface area contributed by atoms with Crippen molar-refractivity contribution in [3.63, 3.8) is 0 Å². The van der Waals surface area contributed by atoms with E-state index in [1.165, 1.54) is 11.3 Å². The summed E-state index contributed by atoms with van der Waals surface area (Å²) in [6.45, 7) is 4.02. The fourth-order valence-electron chi connectivity index (χ4n) is 3.84. The van der Waals surface area contributed by atoms with Gasteiger partial charge in [-0.25, -0.2) is 4.98 Å². The molecular weight excluding hydrogens is 340 g/mol. The summed E-state index contributed by atoms with van der Waals surface area (Å²) < 4.78 is 7.90. The molecule has 0 atom stereocenters. The topological polar surface area (TPSA) is 68.1 Å². The van der Waals surface area contributed by atoms with E-state index in [-0.39, 0.29) is 0 Å². The molecule has 7 nitrogen and oxygen atoms in total. The first kappa shape index (κ1) is 16.3. The van der Waals surface area contributed by atoms with E-state index < -0.39 is 0 Å². The van der Waals surface area contributed by atoms with Crippen molar-refractivity contribution in [3.05, 3.63) is 47.8 Å². The van der Waals surface area contributed by atoms with Crippen LogP contribution in [0.1, 0.15) is 11.1 Å². The highest BCUT2D eigenvalue weighted by Crippen LogP contribution is 2.33. The van der Waals surface area contributed by atoms with Gasteiger partial charge in [-0.1, -0.05) is 6.07 Å². The van der Waals surface area contributed by atoms with Crippen molar-refractivity contribution in [1.82, 2.24) is 25.1 Å². The number of rotatable bonds is 3. The largest absolute Gasteiger partial charge is 0.424 e. The maximum atomic E-state index is 6.01. The fraction of sp³-hybridized carbons (Fsp3) is 0.350. The molecule has 0 unspecified atom stereocenters. The normalized spacial score (nSPS) is 16.0. The molecule has 27 heavy (non-hydrogen) atoms. The lowest BCUT2D eigenvalue weighted by atomic mass is 9.95. The number of hydrogen-bond acceptors (Lipinski definition) is 6. The lowest BCUT2D eigenvalue weighted by molar-refractivity contribution is 0.441. The maximum absolute atomic E-state index is 6.01. The van der Waals surface area contributed by atoms with Crippen LogP contribution in [0.4, 0.5) is 5.69 Å². The first-order chi connectivity index (χ1) is 13.3. The van der Waals surface area contributed by atoms with E-state index in [1.54, 1.807) is 0 Å². The number of ether oxygens (including phenoxy) is 1. The number of piperazine rings is 1. The Morgan fingerprint density at radius 3 is 2.81 bits per heavy atom. The summed E-state index contributed by atoms with van der Waals surface area (Å²) in [4.78, 5) is 11.5. The van der Waals surface area contributed by atoms with Gasteiger partial charge in [-0.15, -0.1) is 0 Å². The molecule has 0 amide bonds. The SMILES string of the molecule is Cn1ncc2c1-c1nc(Oc3cccc(N4CCNCC4)c3)ncc1CC2. The molecule has 0 bridgehead atoms. The third-order valence-corrected chi connectivity index (χ3v) is 5.25. The van der Waals surface area contributed by atoms with Crippen molar-refractivity contribution in [3.8, 4) is 23.1 Å². The molecule has 2 aliphatic rings. The Kier molecular flexibility index (Phi) is 4.01. The zero-order valence-corrected chi connectivity index (χ0v) is 15.4. The van der Waals surface area contributed by atoms with Gasteiger partial charge in [-0.2, -0.15) is 10.1 Å². The summed E-state index contributed by atoms with van der Waals surface area (Å²) in [6, 6.07) is 8.52. The Hall–Kier alpha value is -2.93. The number of aryl methyl sites for hydroxylation is 3. The molecule has 1 saturated heterocycles. The van der Waals surface area contributed by atoms with Gasteiger partial charge in [0.05, 0.1) is 17.6 Å². The highest BCUT2D eigenvalue weighted by Gasteiger charge is 2.22. The quantitative estimate of drug-likeness (QED) is 0.770. The lowest BCUT2D eigenvalue weighted by Crippen LogP contribution is -2.43. The van der Waals surface area contributed by atoms with E-state index in [2.05, 4.69) is 32.4 Å². The number of hydrogen-bond donors (Lipinski definition) is 1. The van der Waals surface area contributed by atoms with Crippen LogP contribution in [0.15, 0.2) is 36.7 Å². The average molecular weight is 362 g/mol. The maximum Gasteiger partial charge on any atom is 0.322 e. The molecule has 3 heterocycles. The summed E-state index contributed by atoms with van der Waals surface area (Å²) in [7, 11) is 1.95. The molecule has 1 N–H and O–H groups in total. The molecule has 0 saturated carbocycles. The monoisotopic (exact) mass is 362 g/mol. The molecule has 0 radical (unpaired) electrons. The van der Waals surface area contributed by atoms with Crippen molar-refractivity contribution >= 4 is 5.69 Å². The van der Waals surface area contributed by atoms with Gasteiger partial charge in [0.2, 0.25) is 0 Å². The van der Waals surface area contributed by atoms with Crippen LogP contribution in [0.2, 0.25) is 0 Å². The predicted molar refractivity (Wildman–Crippen MR) is 103 cm³/mol. The van der Waals surface area contributed by atoms with Crippen LogP contribution in [0.25, 0.3) is 11.4 Å². The number of nitrogens with zero attached hydrogens (tertiary/aromatic N) is 5. The van der Waals surface area contributed by atoms with Crippen LogP contribution in [0.5, 0.6) is 11.8 Å². The Morgan fingerprint density at radius 1 is 1.07 bits per heavy atom. The molecule has 3 aromatic rings. The standard InChI is InChI=1S/C20H22N6O/c1-25-19-15(13-23-25)6-5-14-12-22-20(24-18(14)19)27-17-4-2-3-16(11-17)26-9-7-21-8-10-26/h2-4,11-13,21H,5-10H2,1H3. The summed E-state index contributed by atoms with van der Waals surface area (Å²) in [5, 5.41) is 7.76. The van der Waals surface area contributed by atoms with E-state index in [0.717, 1.165) is 61.7 Å². The molecule has 1 aliphatic carbocycles. The lowest BCUT2D eigenvalue weighted by Gasteiger charge is -2.29. The van der Waals surface area contributed by atoms with Crippen molar-refractivity contribution < 1.29 is 4.74 Å². The van der Waals surface area contributed by atoms with Gasteiger partial charge in [0.25, 0.3) is 0 Å². The Morgan fingerprint density at radius 2 is 1.93 bits per heavy atom. The molecule has 1 aliphatic heterocycles. The zero-order valence-electron chi connectivity index (χ0n) is 15.4. The summed E-state index contributed by atoms with van der Waals surface area (Å²) in [6.07, 6.45) is 5.73. The number of anilines is 1. The number of nitrogens with one attached hydrogen (secondary N) is 1. The minimum absolute atomic E-state index is 0.375. The zero-order chi connectivity index (χ0) is 18.2. The van der Waals surface area contributed by atoms with E-state index >= 15 is 0 Å². The van der Waals surface area contributed by atoms with Gasteiger partial charge >= 0.3 is 6.01 Å². The molecule has 7 heteroatoms. The Bertz CT molecular complexity index is 976. The number of benzene rings is 1. The smallest absolute Gasteiger partial charge is 0.322 e. The van der Waals surface area contributed by atoms with Gasteiger partial charge in [-0.3, -0.25) is 4.68 Å². The second kappa shape index (κ2) is 6.66. The molecule has 1 aromatic carbocycles. The fourth-order valence-corrected chi connectivity index (χ4v) is 3.84. The predicted octanol–water partition coefficient (Wildman–Crippen LogP) is 2.18. The Balaban J connectivity index is 1.43. The molecule has 2 aromatic heterocycles. The highest BCUT2D eigenvalue weighted by molar-refractivity contribution is 5.65. The van der Waals surface area contributed by atoms with Crippen LogP contribution in [-0.4, -0.2) is 45.9 Å². The molecular formula is C20H22N6O. The van der Waals surface area contributed by atoms with Crippen molar-refractivity contribution in [2.75, 3.05) is 31.1 Å². The summed E-state index contributed by atoms with van der Waals surface area (Å²) in [5.74, 6) is 0.757. The first-order valence-corrected chi connectivity index (χ1v) is 9.39. The van der Waals surface area contributed by atoms with Gasteiger partial charge in [0.15, 0.2) is 0 Å².